The number of hydrogen-bond donors (Lipinski definition) is 0. The molecule has 0 amide bonds. The number of aromatic nitrogens is 1. The molecule has 0 aliphatic carbocycles. The lowest BCUT2D eigenvalue weighted by Gasteiger charge is -2.30. The molecule has 3 heteroatoms. The molecule has 0 atom stereocenters. The van der Waals surface area contributed by atoms with Crippen LogP contribution < -0.4 is 4.90 Å². The lowest BCUT2D eigenvalue weighted by atomic mass is 9.94. The molecule has 3 nitrogen and oxygen atoms in total. The van der Waals surface area contributed by atoms with Gasteiger partial charge >= 0.3 is 0 Å². The molecule has 0 unspecified atom stereocenters. The summed E-state index contributed by atoms with van der Waals surface area (Å²) in [7, 11) is 0. The van der Waals surface area contributed by atoms with E-state index in [4.69, 9.17) is 4.42 Å². The quantitative estimate of drug-likeness (QED) is 0.152. The summed E-state index contributed by atoms with van der Waals surface area (Å²) in [4.78, 5) is 2.43. The second-order valence-corrected chi connectivity index (χ2v) is 17.2. The van der Waals surface area contributed by atoms with Crippen LogP contribution in [0.3, 0.4) is 0 Å². The lowest BCUT2D eigenvalue weighted by Crippen LogP contribution is -2.12. The van der Waals surface area contributed by atoms with Crippen molar-refractivity contribution in [3.05, 3.63) is 255 Å². The molecule has 13 rings (SSSR count). The first-order valence-electron chi connectivity index (χ1n) is 22.9. The summed E-state index contributed by atoms with van der Waals surface area (Å²) in [5, 5.41) is 7.20. The maximum atomic E-state index is 6.42. The molecule has 0 saturated heterocycles. The third kappa shape index (κ3) is 6.51. The van der Waals surface area contributed by atoms with Crippen LogP contribution >= 0.6 is 0 Å². The van der Waals surface area contributed by atoms with E-state index in [0.29, 0.717) is 0 Å². The first-order chi connectivity index (χ1) is 33.2. The second kappa shape index (κ2) is 16.0. The van der Waals surface area contributed by atoms with E-state index in [-0.39, 0.29) is 0 Å². The van der Waals surface area contributed by atoms with Crippen molar-refractivity contribution < 1.29 is 4.42 Å². The highest BCUT2D eigenvalue weighted by molar-refractivity contribution is 6.14. The molecule has 0 bridgehead atoms. The third-order valence-corrected chi connectivity index (χ3v) is 13.4. The normalized spacial score (nSPS) is 11.6. The van der Waals surface area contributed by atoms with Crippen LogP contribution in [0.5, 0.6) is 0 Å². The molecule has 0 aliphatic rings. The van der Waals surface area contributed by atoms with E-state index in [9.17, 15) is 0 Å². The van der Waals surface area contributed by atoms with Gasteiger partial charge in [0.15, 0.2) is 0 Å². The van der Waals surface area contributed by atoms with Gasteiger partial charge in [0, 0.05) is 44.0 Å². The van der Waals surface area contributed by atoms with Crippen LogP contribution in [0.1, 0.15) is 0 Å². The molecular formula is C64H42N2O. The monoisotopic (exact) mass is 854 g/mol. The van der Waals surface area contributed by atoms with Gasteiger partial charge in [-0.1, -0.05) is 194 Å². The number of rotatable bonds is 8. The first kappa shape index (κ1) is 38.5. The van der Waals surface area contributed by atoms with Gasteiger partial charge < -0.3 is 13.9 Å². The minimum atomic E-state index is 0.878. The zero-order valence-corrected chi connectivity index (χ0v) is 36.6. The van der Waals surface area contributed by atoms with E-state index in [2.05, 4.69) is 258 Å². The average molecular weight is 855 g/mol. The van der Waals surface area contributed by atoms with Crippen LogP contribution in [0.25, 0.3) is 105 Å². The Labute approximate surface area is 388 Å². The Kier molecular flexibility index (Phi) is 9.17. The maximum absolute atomic E-state index is 6.42. The molecule has 0 aliphatic heterocycles. The van der Waals surface area contributed by atoms with Gasteiger partial charge in [-0.25, -0.2) is 0 Å². The molecule has 2 aromatic heterocycles. The molecule has 0 fully saturated rings. The van der Waals surface area contributed by atoms with Gasteiger partial charge in [-0.05, 0) is 105 Å². The number of para-hydroxylation sites is 5. The lowest BCUT2D eigenvalue weighted by molar-refractivity contribution is 0.669. The minimum Gasteiger partial charge on any atom is -0.456 e. The van der Waals surface area contributed by atoms with E-state index >= 15 is 0 Å². The molecule has 11 aromatic carbocycles. The number of nitrogens with zero attached hydrogens (tertiary/aromatic N) is 2. The number of furan rings is 1. The molecule has 0 radical (unpaired) electrons. The predicted octanol–water partition coefficient (Wildman–Crippen LogP) is 18.0. The Morgan fingerprint density at radius 2 is 0.731 bits per heavy atom. The fourth-order valence-electron chi connectivity index (χ4n) is 10.3. The summed E-state index contributed by atoms with van der Waals surface area (Å²) >= 11 is 0. The van der Waals surface area contributed by atoms with E-state index in [1.54, 1.807) is 0 Å². The molecule has 2 heterocycles. The van der Waals surface area contributed by atoms with Crippen molar-refractivity contribution in [1.82, 2.24) is 4.57 Å². The fraction of sp³-hybridized carbons (Fsp3) is 0. The topological polar surface area (TPSA) is 21.3 Å². The van der Waals surface area contributed by atoms with Crippen LogP contribution in [0.15, 0.2) is 259 Å². The molecule has 0 N–H and O–H groups in total. The summed E-state index contributed by atoms with van der Waals surface area (Å²) in [5.41, 5.74) is 17.9. The zero-order chi connectivity index (χ0) is 44.3. The van der Waals surface area contributed by atoms with E-state index in [0.717, 1.165) is 66.9 Å². The van der Waals surface area contributed by atoms with Crippen LogP contribution in [0.2, 0.25) is 0 Å². The zero-order valence-electron chi connectivity index (χ0n) is 36.6. The van der Waals surface area contributed by atoms with Gasteiger partial charge in [-0.15, -0.1) is 0 Å². The summed E-state index contributed by atoms with van der Waals surface area (Å²) in [5.74, 6) is 0. The maximum Gasteiger partial charge on any atom is 0.136 e. The van der Waals surface area contributed by atoms with Gasteiger partial charge in [0.1, 0.15) is 11.2 Å². The van der Waals surface area contributed by atoms with Gasteiger partial charge in [0.25, 0.3) is 0 Å². The average Bonchev–Trinajstić information content (AvgIpc) is 3.96. The SMILES string of the molecule is c1ccc(N(c2ccc(-c3ccc(-c4ccc(-n5c6ccccc6c6ccccc65)cc4)cc3)cc2)c2ccccc2-c2cccc3oc4ccccc4c23)c(-c2cccc3ccccc23)c1. The van der Waals surface area contributed by atoms with Crippen molar-refractivity contribution >= 4 is 71.6 Å². The summed E-state index contributed by atoms with van der Waals surface area (Å²) < 4.78 is 8.79. The van der Waals surface area contributed by atoms with Gasteiger partial charge in [-0.2, -0.15) is 0 Å². The van der Waals surface area contributed by atoms with E-state index in [1.165, 1.54) is 54.8 Å². The highest BCUT2D eigenvalue weighted by Crippen LogP contribution is 2.48. The molecule has 0 saturated carbocycles. The number of fused-ring (bicyclic) bond motifs is 7. The second-order valence-electron chi connectivity index (χ2n) is 17.2. The van der Waals surface area contributed by atoms with Gasteiger partial charge in [-0.3, -0.25) is 0 Å². The Morgan fingerprint density at radius 1 is 0.299 bits per heavy atom. The Balaban J connectivity index is 0.891. The fourth-order valence-corrected chi connectivity index (χ4v) is 10.3. The van der Waals surface area contributed by atoms with Crippen molar-refractivity contribution in [3.8, 4) is 50.2 Å². The van der Waals surface area contributed by atoms with Crippen LogP contribution in [0.4, 0.5) is 17.1 Å². The third-order valence-electron chi connectivity index (χ3n) is 13.4. The van der Waals surface area contributed by atoms with Crippen LogP contribution in [-0.4, -0.2) is 4.57 Å². The predicted molar refractivity (Wildman–Crippen MR) is 282 cm³/mol. The van der Waals surface area contributed by atoms with Crippen LogP contribution in [-0.2, 0) is 0 Å². The molecule has 314 valence electrons. The summed E-state index contributed by atoms with van der Waals surface area (Å²) in [6, 6.07) is 91.9. The molecule has 67 heavy (non-hydrogen) atoms. The Bertz CT molecular complexity index is 3910. The van der Waals surface area contributed by atoms with Crippen molar-refractivity contribution in [2.24, 2.45) is 0 Å². The smallest absolute Gasteiger partial charge is 0.136 e. The Morgan fingerprint density at radius 3 is 1.39 bits per heavy atom. The highest BCUT2D eigenvalue weighted by atomic mass is 16.3. The van der Waals surface area contributed by atoms with Crippen molar-refractivity contribution in [2.75, 3.05) is 4.90 Å². The summed E-state index contributed by atoms with van der Waals surface area (Å²) in [6.07, 6.45) is 0. The molecule has 13 aromatic rings. The number of benzene rings is 11. The largest absolute Gasteiger partial charge is 0.456 e. The van der Waals surface area contributed by atoms with Crippen LogP contribution in [0, 0.1) is 0 Å². The first-order valence-corrected chi connectivity index (χ1v) is 22.9. The van der Waals surface area contributed by atoms with Crippen molar-refractivity contribution in [3.63, 3.8) is 0 Å². The number of anilines is 3. The highest BCUT2D eigenvalue weighted by Gasteiger charge is 2.23. The Hall–Kier alpha value is -8.92. The standard InChI is InChI=1S/C64H42N2O/c1-2-17-50-47(15-1)16-13-23-51(50)52-18-3-8-25-58(52)65(61-28-11-6-21-55(61)56-24-14-30-63-64(56)57-22-7-12-29-62(57)67-63)48-39-35-45(36-40-48)43-31-33-44(34-32-43)46-37-41-49(42-38-46)66-59-26-9-4-19-53(59)54-20-5-10-27-60(54)66/h1-42H. The molecule has 0 spiro atoms. The molecular weight excluding hydrogens is 813 g/mol. The van der Waals surface area contributed by atoms with Crippen molar-refractivity contribution in [1.29, 1.82) is 0 Å². The van der Waals surface area contributed by atoms with Gasteiger partial charge in [0.05, 0.1) is 22.4 Å². The van der Waals surface area contributed by atoms with Crippen molar-refractivity contribution in [2.45, 2.75) is 0 Å². The number of hydrogen-bond acceptors (Lipinski definition) is 2. The minimum absolute atomic E-state index is 0.878. The van der Waals surface area contributed by atoms with Gasteiger partial charge in [0.2, 0.25) is 0 Å². The van der Waals surface area contributed by atoms with E-state index in [1.807, 2.05) is 6.07 Å². The summed E-state index contributed by atoms with van der Waals surface area (Å²) in [6.45, 7) is 0. The van der Waals surface area contributed by atoms with E-state index < -0.39 is 0 Å².